The number of hydrogen-bond acceptors (Lipinski definition) is 4. The molecular weight excluding hydrogens is 456 g/mol. The van der Waals surface area contributed by atoms with Crippen molar-refractivity contribution in [2.75, 3.05) is 25.0 Å². The van der Waals surface area contributed by atoms with Gasteiger partial charge in [-0.1, -0.05) is 60.1 Å². The monoisotopic (exact) mass is 476 g/mol. The fraction of sp³-hybridized carbons (Fsp3) is 0.192. The Morgan fingerprint density at radius 2 is 1.59 bits per heavy atom. The zero-order valence-corrected chi connectivity index (χ0v) is 18.8. The highest BCUT2D eigenvalue weighted by Gasteiger charge is 2.36. The van der Waals surface area contributed by atoms with Crippen LogP contribution in [0.25, 0.3) is 11.1 Å². The number of likely N-dealkylation sites (tertiary alicyclic amines) is 1. The highest BCUT2D eigenvalue weighted by molar-refractivity contribution is 6.31. The van der Waals surface area contributed by atoms with Gasteiger partial charge in [-0.05, 0) is 40.5 Å². The lowest BCUT2D eigenvalue weighted by Crippen LogP contribution is -2.53. The largest absolute Gasteiger partial charge is 0.481 e. The quantitative estimate of drug-likeness (QED) is 0.548. The first kappa shape index (κ1) is 22.0. The van der Waals surface area contributed by atoms with Crippen LogP contribution in [0.2, 0.25) is 5.02 Å². The van der Waals surface area contributed by atoms with Gasteiger partial charge in [0.15, 0.2) is 0 Å². The normalized spacial score (nSPS) is 14.7. The summed E-state index contributed by atoms with van der Waals surface area (Å²) in [4.78, 5) is 37.6. The second-order valence-electron chi connectivity index (χ2n) is 8.42. The third-order valence-electron chi connectivity index (χ3n) is 6.25. The zero-order chi connectivity index (χ0) is 23.8. The van der Waals surface area contributed by atoms with Crippen LogP contribution in [0.3, 0.4) is 0 Å². The van der Waals surface area contributed by atoms with Crippen LogP contribution in [0.4, 0.5) is 10.5 Å². The van der Waals surface area contributed by atoms with Gasteiger partial charge in [-0.25, -0.2) is 4.79 Å². The van der Waals surface area contributed by atoms with Gasteiger partial charge in [0.05, 0.1) is 5.92 Å². The first-order valence-electron chi connectivity index (χ1n) is 10.9. The number of carbonyl (C=O) groups is 3. The van der Waals surface area contributed by atoms with E-state index in [-0.39, 0.29) is 42.1 Å². The molecule has 5 rings (SSSR count). The predicted octanol–water partition coefficient (Wildman–Crippen LogP) is 4.86. The average molecular weight is 477 g/mol. The lowest BCUT2D eigenvalue weighted by atomic mass is 9.98. The Morgan fingerprint density at radius 1 is 0.971 bits per heavy atom. The molecule has 2 N–H and O–H groups in total. The maximum Gasteiger partial charge on any atom is 0.411 e. The number of amides is 2. The van der Waals surface area contributed by atoms with E-state index < -0.39 is 18.0 Å². The van der Waals surface area contributed by atoms with E-state index >= 15 is 0 Å². The third-order valence-corrected chi connectivity index (χ3v) is 6.47. The van der Waals surface area contributed by atoms with Crippen molar-refractivity contribution in [3.05, 3.63) is 88.4 Å². The first-order valence-corrected chi connectivity index (χ1v) is 11.2. The van der Waals surface area contributed by atoms with E-state index in [9.17, 15) is 14.4 Å². The highest BCUT2D eigenvalue weighted by atomic mass is 35.5. The molecule has 1 saturated heterocycles. The number of carbonyl (C=O) groups excluding carboxylic acids is 2. The van der Waals surface area contributed by atoms with Crippen molar-refractivity contribution in [3.63, 3.8) is 0 Å². The summed E-state index contributed by atoms with van der Waals surface area (Å²) in [5.74, 6) is -1.88. The molecule has 3 aromatic carbocycles. The minimum Gasteiger partial charge on any atom is -0.481 e. The van der Waals surface area contributed by atoms with Crippen molar-refractivity contribution in [1.82, 2.24) is 4.90 Å². The van der Waals surface area contributed by atoms with Crippen molar-refractivity contribution < 1.29 is 24.2 Å². The molecule has 0 aromatic heterocycles. The summed E-state index contributed by atoms with van der Waals surface area (Å²) in [7, 11) is 0. The van der Waals surface area contributed by atoms with E-state index in [0.29, 0.717) is 5.69 Å². The summed E-state index contributed by atoms with van der Waals surface area (Å²) >= 11 is 6.16. The van der Waals surface area contributed by atoms with E-state index in [1.165, 1.54) is 23.1 Å². The number of carboxylic acid groups (broad SMARTS) is 1. The second-order valence-corrected chi connectivity index (χ2v) is 8.86. The van der Waals surface area contributed by atoms with E-state index in [1.54, 1.807) is 0 Å². The molecule has 7 nitrogen and oxygen atoms in total. The van der Waals surface area contributed by atoms with Crippen molar-refractivity contribution in [1.29, 1.82) is 0 Å². The molecule has 2 aliphatic rings. The van der Waals surface area contributed by atoms with E-state index in [0.717, 1.165) is 22.3 Å². The van der Waals surface area contributed by atoms with Crippen LogP contribution in [0.1, 0.15) is 27.4 Å². The molecule has 1 aliphatic carbocycles. The zero-order valence-electron chi connectivity index (χ0n) is 18.0. The maximum absolute atomic E-state index is 12.6. The van der Waals surface area contributed by atoms with E-state index in [2.05, 4.69) is 17.4 Å². The number of nitrogens with zero attached hydrogens (tertiary/aromatic N) is 1. The highest BCUT2D eigenvalue weighted by Crippen LogP contribution is 2.44. The Bertz CT molecular complexity index is 1260. The number of benzene rings is 3. The summed E-state index contributed by atoms with van der Waals surface area (Å²) in [6.45, 7) is 0.461. The summed E-state index contributed by atoms with van der Waals surface area (Å²) in [6.07, 6.45) is -0.655. The van der Waals surface area contributed by atoms with Crippen LogP contribution in [0.5, 0.6) is 0 Å². The Morgan fingerprint density at radius 3 is 2.21 bits per heavy atom. The second kappa shape index (κ2) is 8.83. The molecule has 1 heterocycles. The van der Waals surface area contributed by atoms with Crippen LogP contribution in [0.15, 0.2) is 66.7 Å². The lowest BCUT2D eigenvalue weighted by molar-refractivity contribution is -0.146. The summed E-state index contributed by atoms with van der Waals surface area (Å²) in [6, 6.07) is 20.7. The minimum atomic E-state index is -0.923. The van der Waals surface area contributed by atoms with Crippen molar-refractivity contribution in [3.8, 4) is 11.1 Å². The maximum atomic E-state index is 12.6. The molecule has 1 aliphatic heterocycles. The predicted molar refractivity (Wildman–Crippen MR) is 127 cm³/mol. The van der Waals surface area contributed by atoms with Crippen molar-refractivity contribution in [2.24, 2.45) is 5.92 Å². The molecule has 172 valence electrons. The Balaban J connectivity index is 1.25. The molecular formula is C26H21ClN2O5. The number of hydrogen-bond donors (Lipinski definition) is 2. The molecule has 34 heavy (non-hydrogen) atoms. The van der Waals surface area contributed by atoms with Crippen molar-refractivity contribution >= 4 is 35.3 Å². The fourth-order valence-corrected chi connectivity index (χ4v) is 4.76. The van der Waals surface area contributed by atoms with Gasteiger partial charge in [0, 0.05) is 35.3 Å². The molecule has 0 saturated carbocycles. The number of fused-ring (bicyclic) bond motifs is 3. The fourth-order valence-electron chi connectivity index (χ4n) is 4.52. The minimum absolute atomic E-state index is 0.0664. The molecule has 0 atom stereocenters. The van der Waals surface area contributed by atoms with Gasteiger partial charge < -0.3 is 14.7 Å². The number of halogens is 1. The molecule has 0 radical (unpaired) electrons. The molecule has 0 unspecified atom stereocenters. The van der Waals surface area contributed by atoms with Gasteiger partial charge in [-0.15, -0.1) is 0 Å². The van der Waals surface area contributed by atoms with Crippen LogP contribution < -0.4 is 5.32 Å². The summed E-state index contributed by atoms with van der Waals surface area (Å²) in [5.41, 5.74) is 5.10. The van der Waals surface area contributed by atoms with Crippen LogP contribution in [0, 0.1) is 5.92 Å². The number of aliphatic carboxylic acids is 1. The smallest absolute Gasteiger partial charge is 0.411 e. The Hall–Kier alpha value is -3.84. The summed E-state index contributed by atoms with van der Waals surface area (Å²) in [5, 5.41) is 11.9. The molecule has 0 spiro atoms. The van der Waals surface area contributed by atoms with Gasteiger partial charge >= 0.3 is 12.1 Å². The molecule has 8 heteroatoms. The SMILES string of the molecule is O=C(Nc1cc(Cl)cc(C(=O)N2CC(C(=O)O)C2)c1)OCC1c2ccccc2-c2ccccc21. The molecule has 3 aromatic rings. The number of ether oxygens (including phenoxy) is 1. The standard InChI is InChI=1S/C26H21ClN2O5/c27-17-9-15(24(30)29-12-16(13-29)25(31)32)10-18(11-17)28-26(33)34-14-23-21-7-3-1-5-19(21)20-6-2-4-8-22(20)23/h1-11,16,23H,12-14H2,(H,28,33)(H,31,32). The topological polar surface area (TPSA) is 95.9 Å². The van der Waals surface area contributed by atoms with Gasteiger partial charge in [0.25, 0.3) is 5.91 Å². The average Bonchev–Trinajstić information content (AvgIpc) is 3.10. The summed E-state index contributed by atoms with van der Waals surface area (Å²) < 4.78 is 5.55. The number of anilines is 1. The number of nitrogens with one attached hydrogen (secondary N) is 1. The van der Waals surface area contributed by atoms with Gasteiger partial charge in [-0.3, -0.25) is 14.9 Å². The van der Waals surface area contributed by atoms with Crippen LogP contribution in [-0.4, -0.2) is 47.7 Å². The number of carboxylic acids is 1. The Labute approximate surface area is 200 Å². The van der Waals surface area contributed by atoms with Crippen molar-refractivity contribution in [2.45, 2.75) is 5.92 Å². The van der Waals surface area contributed by atoms with Gasteiger partial charge in [0.1, 0.15) is 6.61 Å². The third kappa shape index (κ3) is 4.10. The van der Waals surface area contributed by atoms with Crippen LogP contribution >= 0.6 is 11.6 Å². The number of rotatable bonds is 5. The van der Waals surface area contributed by atoms with E-state index in [1.807, 2.05) is 36.4 Å². The van der Waals surface area contributed by atoms with Crippen LogP contribution in [-0.2, 0) is 9.53 Å². The van der Waals surface area contributed by atoms with E-state index in [4.69, 9.17) is 21.4 Å². The Kier molecular flexibility index (Phi) is 5.71. The molecule has 2 amide bonds. The molecule has 0 bridgehead atoms. The molecule has 1 fully saturated rings. The first-order chi connectivity index (χ1) is 16.4. The lowest BCUT2D eigenvalue weighted by Gasteiger charge is -2.36. The van der Waals surface area contributed by atoms with Gasteiger partial charge in [0.2, 0.25) is 0 Å². The van der Waals surface area contributed by atoms with Gasteiger partial charge in [-0.2, -0.15) is 0 Å².